The predicted molar refractivity (Wildman–Crippen MR) is 123 cm³/mol. The van der Waals surface area contributed by atoms with Gasteiger partial charge in [-0.05, 0) is 36.8 Å². The quantitative estimate of drug-likeness (QED) is 0.709. The molecule has 0 radical (unpaired) electrons. The Labute approximate surface area is 185 Å². The second-order valence-corrected chi connectivity index (χ2v) is 7.78. The summed E-state index contributed by atoms with van der Waals surface area (Å²) >= 11 is 0. The molecule has 0 saturated carbocycles. The molecule has 0 spiro atoms. The number of piperidine rings is 1. The van der Waals surface area contributed by atoms with E-state index in [2.05, 4.69) is 12.2 Å². The Balaban J connectivity index is 0.00000320. The lowest BCUT2D eigenvalue weighted by atomic mass is 9.93. The number of benzene rings is 2. The molecule has 1 aliphatic rings. The lowest BCUT2D eigenvalue weighted by molar-refractivity contribution is -0.134. The fraction of sp³-hybridized carbons (Fsp3) is 0.417. The van der Waals surface area contributed by atoms with Crippen LogP contribution in [0.5, 0.6) is 0 Å². The van der Waals surface area contributed by atoms with Gasteiger partial charge in [0.1, 0.15) is 0 Å². The number of carbonyl (C=O) groups is 2. The van der Waals surface area contributed by atoms with E-state index in [0.29, 0.717) is 19.5 Å². The van der Waals surface area contributed by atoms with E-state index in [1.807, 2.05) is 65.6 Å². The largest absolute Gasteiger partial charge is 0.352 e. The number of nitrogens with one attached hydrogen (secondary N) is 1. The van der Waals surface area contributed by atoms with Crippen molar-refractivity contribution in [1.82, 2.24) is 10.2 Å². The summed E-state index contributed by atoms with van der Waals surface area (Å²) in [5, 5.41) is 3.07. The number of rotatable bonds is 7. The summed E-state index contributed by atoms with van der Waals surface area (Å²) in [5.74, 6) is -0.0276. The van der Waals surface area contributed by atoms with Gasteiger partial charge in [-0.2, -0.15) is 0 Å². The van der Waals surface area contributed by atoms with Gasteiger partial charge in [-0.1, -0.05) is 67.6 Å². The van der Waals surface area contributed by atoms with E-state index in [0.717, 1.165) is 30.4 Å². The lowest BCUT2D eigenvalue weighted by Crippen LogP contribution is -2.51. The molecule has 1 heterocycles. The molecule has 1 unspecified atom stereocenters. The molecule has 3 rings (SSSR count). The molecule has 2 aromatic carbocycles. The highest BCUT2D eigenvalue weighted by molar-refractivity contribution is 5.85. The summed E-state index contributed by atoms with van der Waals surface area (Å²) in [5.41, 5.74) is 8.22. The van der Waals surface area contributed by atoms with Crippen LogP contribution in [0.25, 0.3) is 0 Å². The number of nitrogens with zero attached hydrogens (tertiary/aromatic N) is 1. The van der Waals surface area contributed by atoms with Crippen molar-refractivity contribution < 1.29 is 9.59 Å². The van der Waals surface area contributed by atoms with Crippen LogP contribution in [0.3, 0.4) is 0 Å². The van der Waals surface area contributed by atoms with Gasteiger partial charge in [0.2, 0.25) is 11.8 Å². The number of carbonyl (C=O) groups excluding carboxylic acids is 2. The van der Waals surface area contributed by atoms with Crippen molar-refractivity contribution in [2.75, 3.05) is 13.1 Å². The van der Waals surface area contributed by atoms with Crippen LogP contribution >= 0.6 is 12.4 Å². The van der Waals surface area contributed by atoms with E-state index in [1.165, 1.54) is 0 Å². The van der Waals surface area contributed by atoms with Gasteiger partial charge >= 0.3 is 0 Å². The van der Waals surface area contributed by atoms with Gasteiger partial charge in [0.25, 0.3) is 0 Å². The second-order valence-electron chi connectivity index (χ2n) is 7.78. The van der Waals surface area contributed by atoms with Gasteiger partial charge in [0.05, 0.1) is 12.0 Å². The third-order valence-corrected chi connectivity index (χ3v) is 5.70. The molecule has 0 aromatic heterocycles. The number of nitrogens with two attached hydrogens (primary N) is 1. The van der Waals surface area contributed by atoms with Gasteiger partial charge in [-0.3, -0.25) is 9.59 Å². The lowest BCUT2D eigenvalue weighted by Gasteiger charge is -2.35. The molecule has 162 valence electrons. The standard InChI is InChI=1S/C24H31N3O2.ClH/c1-2-21(19-11-7-4-8-12-19)24(29)27-15-13-20(14-16-27)26-23(28)22(25)17-18-9-5-3-6-10-18;/h3-12,20-22H,2,13-17,25H2,1H3,(H,26,28);1H/t21?,22-;/m0./s1. The maximum Gasteiger partial charge on any atom is 0.237 e. The van der Waals surface area contributed by atoms with E-state index >= 15 is 0 Å². The number of amides is 2. The van der Waals surface area contributed by atoms with E-state index in [4.69, 9.17) is 5.73 Å². The van der Waals surface area contributed by atoms with Crippen LogP contribution in [-0.4, -0.2) is 41.9 Å². The van der Waals surface area contributed by atoms with Crippen molar-refractivity contribution in [3.8, 4) is 0 Å². The van der Waals surface area contributed by atoms with Crippen LogP contribution in [0.2, 0.25) is 0 Å². The average molecular weight is 430 g/mol. The molecular formula is C24H32ClN3O2. The first kappa shape index (κ1) is 23.9. The van der Waals surface area contributed by atoms with Crippen LogP contribution in [0, 0.1) is 0 Å². The van der Waals surface area contributed by atoms with Crippen LogP contribution in [0.15, 0.2) is 60.7 Å². The third kappa shape index (κ3) is 6.31. The molecule has 0 bridgehead atoms. The summed E-state index contributed by atoms with van der Waals surface area (Å²) < 4.78 is 0. The highest BCUT2D eigenvalue weighted by Gasteiger charge is 2.29. The van der Waals surface area contributed by atoms with Crippen molar-refractivity contribution in [3.05, 3.63) is 71.8 Å². The smallest absolute Gasteiger partial charge is 0.237 e. The van der Waals surface area contributed by atoms with Gasteiger partial charge in [-0.15, -0.1) is 12.4 Å². The van der Waals surface area contributed by atoms with Gasteiger partial charge < -0.3 is 16.0 Å². The molecule has 1 saturated heterocycles. The van der Waals surface area contributed by atoms with E-state index in [1.54, 1.807) is 0 Å². The number of hydrogen-bond donors (Lipinski definition) is 2. The fourth-order valence-corrected chi connectivity index (χ4v) is 3.97. The van der Waals surface area contributed by atoms with Gasteiger partial charge in [0.15, 0.2) is 0 Å². The molecule has 2 amide bonds. The minimum Gasteiger partial charge on any atom is -0.352 e. The first-order chi connectivity index (χ1) is 14.1. The normalized spacial score (nSPS) is 16.3. The Morgan fingerprint density at radius 3 is 2.17 bits per heavy atom. The van der Waals surface area contributed by atoms with Crippen molar-refractivity contribution in [1.29, 1.82) is 0 Å². The number of halogens is 1. The minimum atomic E-state index is -0.556. The summed E-state index contributed by atoms with van der Waals surface area (Å²) in [6.45, 7) is 3.39. The summed E-state index contributed by atoms with van der Waals surface area (Å²) in [6, 6.07) is 19.3. The fourth-order valence-electron chi connectivity index (χ4n) is 3.97. The maximum absolute atomic E-state index is 13.0. The number of hydrogen-bond acceptors (Lipinski definition) is 3. The van der Waals surface area contributed by atoms with E-state index in [-0.39, 0.29) is 36.2 Å². The molecule has 1 fully saturated rings. The Morgan fingerprint density at radius 2 is 1.60 bits per heavy atom. The van der Waals surface area contributed by atoms with Crippen LogP contribution < -0.4 is 11.1 Å². The Morgan fingerprint density at radius 1 is 1.03 bits per heavy atom. The number of likely N-dealkylation sites (tertiary alicyclic amines) is 1. The molecule has 2 atom stereocenters. The average Bonchev–Trinajstić information content (AvgIpc) is 2.76. The van der Waals surface area contributed by atoms with Crippen LogP contribution in [0.1, 0.15) is 43.2 Å². The molecule has 30 heavy (non-hydrogen) atoms. The van der Waals surface area contributed by atoms with Crippen molar-refractivity contribution >= 4 is 24.2 Å². The van der Waals surface area contributed by atoms with Crippen LogP contribution in [-0.2, 0) is 16.0 Å². The molecule has 1 aliphatic heterocycles. The SMILES string of the molecule is CCC(C(=O)N1CCC(NC(=O)[C@@H](N)Cc2ccccc2)CC1)c1ccccc1.Cl. The topological polar surface area (TPSA) is 75.4 Å². The second kappa shape index (κ2) is 11.7. The maximum atomic E-state index is 13.0. The van der Waals surface area contributed by atoms with Crippen molar-refractivity contribution in [3.63, 3.8) is 0 Å². The zero-order valence-electron chi connectivity index (χ0n) is 17.5. The Bertz CT molecular complexity index is 793. The molecule has 0 aliphatic carbocycles. The summed E-state index contributed by atoms with van der Waals surface area (Å²) in [4.78, 5) is 27.4. The molecule has 6 heteroatoms. The summed E-state index contributed by atoms with van der Waals surface area (Å²) in [7, 11) is 0. The van der Waals surface area contributed by atoms with Gasteiger partial charge in [0, 0.05) is 19.1 Å². The van der Waals surface area contributed by atoms with E-state index < -0.39 is 6.04 Å². The molecular weight excluding hydrogens is 398 g/mol. The highest BCUT2D eigenvalue weighted by atomic mass is 35.5. The Hall–Kier alpha value is -2.37. The highest BCUT2D eigenvalue weighted by Crippen LogP contribution is 2.24. The first-order valence-corrected chi connectivity index (χ1v) is 10.5. The predicted octanol–water partition coefficient (Wildman–Crippen LogP) is 3.28. The van der Waals surface area contributed by atoms with Crippen molar-refractivity contribution in [2.45, 2.75) is 50.6 Å². The van der Waals surface area contributed by atoms with Crippen molar-refractivity contribution in [2.24, 2.45) is 5.73 Å². The Kier molecular flexibility index (Phi) is 9.34. The monoisotopic (exact) mass is 429 g/mol. The third-order valence-electron chi connectivity index (χ3n) is 5.70. The molecule has 5 nitrogen and oxygen atoms in total. The molecule has 3 N–H and O–H groups in total. The van der Waals surface area contributed by atoms with Gasteiger partial charge in [-0.25, -0.2) is 0 Å². The molecule has 2 aromatic rings. The zero-order chi connectivity index (χ0) is 20.6. The minimum absolute atomic E-state index is 0. The zero-order valence-corrected chi connectivity index (χ0v) is 18.3. The first-order valence-electron chi connectivity index (χ1n) is 10.5. The van der Waals surface area contributed by atoms with E-state index in [9.17, 15) is 9.59 Å². The summed E-state index contributed by atoms with van der Waals surface area (Å²) in [6.07, 6.45) is 2.84. The van der Waals surface area contributed by atoms with Crippen LogP contribution in [0.4, 0.5) is 0 Å².